The van der Waals surface area contributed by atoms with E-state index in [-0.39, 0.29) is 36.3 Å². The number of rotatable bonds is 5. The lowest BCUT2D eigenvalue weighted by Gasteiger charge is -2.34. The van der Waals surface area contributed by atoms with Crippen LogP contribution < -0.4 is 10.9 Å². The van der Waals surface area contributed by atoms with Crippen molar-refractivity contribution < 1.29 is 23.4 Å². The average Bonchev–Trinajstić information content (AvgIpc) is 2.77. The van der Waals surface area contributed by atoms with Gasteiger partial charge in [-0.1, -0.05) is 18.2 Å². The summed E-state index contributed by atoms with van der Waals surface area (Å²) < 4.78 is 41.9. The minimum atomic E-state index is -2.93. The number of anilines is 1. The van der Waals surface area contributed by atoms with E-state index >= 15 is 0 Å². The van der Waals surface area contributed by atoms with Crippen LogP contribution in [0.5, 0.6) is 0 Å². The highest BCUT2D eigenvalue weighted by Gasteiger charge is 2.37. The number of hydrogen-bond acceptors (Lipinski definition) is 6. The molecule has 4 rings (SSSR count). The molecule has 10 heteroatoms. The first-order valence-electron chi connectivity index (χ1n) is 10.7. The van der Waals surface area contributed by atoms with Crippen LogP contribution in [0.1, 0.15) is 54.6 Å². The van der Waals surface area contributed by atoms with Crippen LogP contribution in [-0.2, 0) is 19.2 Å². The Hall–Kier alpha value is -2.98. The number of nitrogens with one attached hydrogen (secondary N) is 1. The number of aromatic nitrogens is 3. The van der Waals surface area contributed by atoms with E-state index in [0.29, 0.717) is 29.7 Å². The fourth-order valence-corrected chi connectivity index (χ4v) is 4.34. The zero-order valence-corrected chi connectivity index (χ0v) is 18.3. The lowest BCUT2D eigenvalue weighted by molar-refractivity contribution is -0.0371. The molecule has 33 heavy (non-hydrogen) atoms. The van der Waals surface area contributed by atoms with Crippen molar-refractivity contribution in [2.45, 2.75) is 57.3 Å². The maximum Gasteiger partial charge on any atom is 0.266 e. The fraction of sp³-hybridized carbons (Fsp3) is 0.435. The number of hydrogen-bond donors (Lipinski definition) is 3. The first-order chi connectivity index (χ1) is 15.6. The second-order valence-electron chi connectivity index (χ2n) is 8.52. The highest BCUT2D eigenvalue weighted by molar-refractivity contribution is 5.87. The predicted octanol–water partition coefficient (Wildman–Crippen LogP) is 3.45. The van der Waals surface area contributed by atoms with Crippen LogP contribution in [0, 0.1) is 12.7 Å². The van der Waals surface area contributed by atoms with Crippen LogP contribution in [0.15, 0.2) is 29.1 Å². The Bertz CT molecular complexity index is 1250. The maximum absolute atomic E-state index is 14.5. The van der Waals surface area contributed by atoms with Crippen molar-refractivity contribution >= 4 is 16.9 Å². The summed E-state index contributed by atoms with van der Waals surface area (Å²) in [6, 6.07) is 5.34. The third-order valence-electron chi connectivity index (χ3n) is 6.25. The molecule has 0 radical (unpaired) electrons. The molecule has 1 aliphatic rings. The van der Waals surface area contributed by atoms with E-state index in [2.05, 4.69) is 15.3 Å². The number of aliphatic hydroxyl groups excluding tert-OH is 1. The highest BCUT2D eigenvalue weighted by Crippen LogP contribution is 2.37. The van der Waals surface area contributed by atoms with E-state index in [0.717, 1.165) is 6.07 Å². The topological polar surface area (TPSA) is 100 Å². The van der Waals surface area contributed by atoms with E-state index in [1.807, 2.05) is 0 Å². The number of halogens is 3. The minimum Gasteiger partial charge on any atom is -0.393 e. The Morgan fingerprint density at radius 3 is 2.64 bits per heavy atom. The van der Waals surface area contributed by atoms with Gasteiger partial charge in [0.25, 0.3) is 12.0 Å². The van der Waals surface area contributed by atoms with Gasteiger partial charge in [-0.3, -0.25) is 9.36 Å². The Kier molecular flexibility index (Phi) is 6.15. The first kappa shape index (κ1) is 23.2. The van der Waals surface area contributed by atoms with Crippen molar-refractivity contribution in [1.82, 2.24) is 14.5 Å². The van der Waals surface area contributed by atoms with Crippen molar-refractivity contribution in [3.63, 3.8) is 0 Å². The molecule has 7 nitrogen and oxygen atoms in total. The third-order valence-corrected chi connectivity index (χ3v) is 6.25. The van der Waals surface area contributed by atoms with Gasteiger partial charge < -0.3 is 15.5 Å². The number of aryl methyl sites for hydroxylation is 2. The van der Waals surface area contributed by atoms with Crippen molar-refractivity contribution in [2.24, 2.45) is 7.05 Å². The summed E-state index contributed by atoms with van der Waals surface area (Å²) in [5.74, 6) is -0.344. The molecule has 0 unspecified atom stereocenters. The molecular formula is C23H25F3N4O3. The Morgan fingerprint density at radius 1 is 1.27 bits per heavy atom. The molecule has 0 atom stereocenters. The summed E-state index contributed by atoms with van der Waals surface area (Å²) in [7, 11) is 1.54. The number of benzene rings is 1. The molecule has 2 aromatic heterocycles. The highest BCUT2D eigenvalue weighted by atomic mass is 19.3. The second-order valence-corrected chi connectivity index (χ2v) is 8.52. The summed E-state index contributed by atoms with van der Waals surface area (Å²) in [6.07, 6.45) is -2.25. The molecule has 0 saturated heterocycles. The number of nitrogens with zero attached hydrogens (tertiary/aromatic N) is 3. The van der Waals surface area contributed by atoms with Crippen molar-refractivity contribution in [3.8, 4) is 0 Å². The third kappa shape index (κ3) is 4.32. The number of fused-ring (bicyclic) bond motifs is 1. The van der Waals surface area contributed by atoms with E-state index < -0.39 is 35.1 Å². The second kappa shape index (κ2) is 8.75. The van der Waals surface area contributed by atoms with Gasteiger partial charge >= 0.3 is 0 Å². The van der Waals surface area contributed by atoms with Crippen molar-refractivity contribution in [1.29, 1.82) is 0 Å². The van der Waals surface area contributed by atoms with Gasteiger partial charge in [0.05, 0.1) is 22.7 Å². The van der Waals surface area contributed by atoms with Crippen LogP contribution in [-0.4, -0.2) is 30.9 Å². The molecule has 3 N–H and O–H groups in total. The number of alkyl halides is 2. The zero-order valence-electron chi connectivity index (χ0n) is 18.3. The van der Waals surface area contributed by atoms with E-state index in [4.69, 9.17) is 0 Å². The normalized spacial score (nSPS) is 21.0. The molecule has 0 bridgehead atoms. The zero-order chi connectivity index (χ0) is 23.9. The standard InChI is InChI=1S/C23H25F3N4O3/c1-12-28-20(27-11-13-4-3-5-15(18(13)24)19(25)26)16-10-17(22(32)30(2)21(16)29-12)23(33)8-6-14(31)7-9-23/h3-5,10,14,19,31,33H,6-9,11H2,1-2H3,(H,27,28,29)/t14-,23+. The summed E-state index contributed by atoms with van der Waals surface area (Å²) in [5, 5.41) is 24.4. The van der Waals surface area contributed by atoms with Crippen molar-refractivity contribution in [3.05, 3.63) is 63.0 Å². The largest absolute Gasteiger partial charge is 0.393 e. The average molecular weight is 462 g/mol. The van der Waals surface area contributed by atoms with E-state index in [9.17, 15) is 28.2 Å². The van der Waals surface area contributed by atoms with Gasteiger partial charge in [-0.25, -0.2) is 23.1 Å². The fourth-order valence-electron chi connectivity index (χ4n) is 4.34. The van der Waals surface area contributed by atoms with Gasteiger partial charge in [0, 0.05) is 24.7 Å². The summed E-state index contributed by atoms with van der Waals surface area (Å²) in [6.45, 7) is 1.52. The predicted molar refractivity (Wildman–Crippen MR) is 117 cm³/mol. The molecule has 1 saturated carbocycles. The Balaban J connectivity index is 1.77. The van der Waals surface area contributed by atoms with Crippen molar-refractivity contribution in [2.75, 3.05) is 5.32 Å². The minimum absolute atomic E-state index is 0.0437. The first-order valence-corrected chi connectivity index (χ1v) is 10.7. The van der Waals surface area contributed by atoms with Gasteiger partial charge in [-0.05, 0) is 38.7 Å². The quantitative estimate of drug-likeness (QED) is 0.537. The van der Waals surface area contributed by atoms with Crippen LogP contribution in [0.4, 0.5) is 19.0 Å². The number of aliphatic hydroxyl groups is 2. The van der Waals surface area contributed by atoms with Crippen LogP contribution >= 0.6 is 0 Å². The Labute approximate surface area is 187 Å². The molecule has 3 aromatic rings. The van der Waals surface area contributed by atoms with Gasteiger partial charge in [-0.2, -0.15) is 0 Å². The van der Waals surface area contributed by atoms with E-state index in [1.54, 1.807) is 6.92 Å². The SMILES string of the molecule is Cc1nc(NCc2cccc(C(F)F)c2F)c2cc([C@]3(O)CC[C@@H](O)CC3)c(=O)n(C)c2n1. The van der Waals surface area contributed by atoms with Crippen LogP contribution in [0.25, 0.3) is 11.0 Å². The summed E-state index contributed by atoms with van der Waals surface area (Å²) >= 11 is 0. The van der Waals surface area contributed by atoms with Gasteiger partial charge in [0.15, 0.2) is 0 Å². The molecule has 0 amide bonds. The van der Waals surface area contributed by atoms with Crippen LogP contribution in [0.3, 0.4) is 0 Å². The lowest BCUT2D eigenvalue weighted by atomic mass is 9.79. The monoisotopic (exact) mass is 462 g/mol. The number of pyridine rings is 1. The molecule has 0 aliphatic heterocycles. The molecule has 0 spiro atoms. The molecular weight excluding hydrogens is 437 g/mol. The van der Waals surface area contributed by atoms with Crippen LogP contribution in [0.2, 0.25) is 0 Å². The lowest BCUT2D eigenvalue weighted by Crippen LogP contribution is -2.39. The van der Waals surface area contributed by atoms with E-state index in [1.165, 1.54) is 29.8 Å². The molecule has 1 aromatic carbocycles. The summed E-state index contributed by atoms with van der Waals surface area (Å²) in [5.41, 5.74) is -1.94. The summed E-state index contributed by atoms with van der Waals surface area (Å²) in [4.78, 5) is 21.8. The van der Waals surface area contributed by atoms with Gasteiger partial charge in [0.2, 0.25) is 0 Å². The van der Waals surface area contributed by atoms with Gasteiger partial charge in [-0.15, -0.1) is 0 Å². The molecule has 2 heterocycles. The maximum atomic E-state index is 14.5. The molecule has 176 valence electrons. The smallest absolute Gasteiger partial charge is 0.266 e. The molecule has 1 fully saturated rings. The molecule has 1 aliphatic carbocycles. The Morgan fingerprint density at radius 2 is 1.97 bits per heavy atom. The van der Waals surface area contributed by atoms with Gasteiger partial charge in [0.1, 0.15) is 23.1 Å².